The van der Waals surface area contributed by atoms with Gasteiger partial charge in [-0.05, 0) is 61.1 Å². The molecule has 1 saturated heterocycles. The Morgan fingerprint density at radius 2 is 1.53 bits per heavy atom. The first-order valence-electron chi connectivity index (χ1n) is 12.9. The van der Waals surface area contributed by atoms with E-state index in [-0.39, 0.29) is 6.04 Å². The van der Waals surface area contributed by atoms with Crippen molar-refractivity contribution in [3.8, 4) is 0 Å². The molecule has 2 heterocycles. The van der Waals surface area contributed by atoms with Crippen molar-refractivity contribution in [2.75, 3.05) is 45.2 Å². The van der Waals surface area contributed by atoms with Crippen LogP contribution in [-0.4, -0.2) is 66.5 Å². The molecule has 0 spiro atoms. The average Bonchev–Trinajstić information content (AvgIpc) is 3.54. The third kappa shape index (κ3) is 4.55. The van der Waals surface area contributed by atoms with Gasteiger partial charge in [0.1, 0.15) is 26.2 Å². The number of rotatable bonds is 6. The average molecular weight is 440 g/mol. The molecule has 2 aromatic rings. The van der Waals surface area contributed by atoms with Crippen LogP contribution in [0.1, 0.15) is 81.3 Å². The van der Waals surface area contributed by atoms with Crippen LogP contribution >= 0.6 is 0 Å². The van der Waals surface area contributed by atoms with Gasteiger partial charge < -0.3 is 14.7 Å². The fourth-order valence-corrected chi connectivity index (χ4v) is 6.43. The van der Waals surface area contributed by atoms with Gasteiger partial charge in [-0.2, -0.15) is 0 Å². The lowest BCUT2D eigenvalue weighted by Gasteiger charge is -2.37. The van der Waals surface area contributed by atoms with E-state index in [2.05, 4.69) is 63.5 Å². The Morgan fingerprint density at radius 3 is 2.19 bits per heavy atom. The largest absolute Gasteiger partial charge is 0.378 e. The highest BCUT2D eigenvalue weighted by molar-refractivity contribution is 5.46. The standard InChI is InChI=1S/C25H39N7/c1-29(2)21-14-12-20(13-15-21)24(25-26-27-28-32(25)23-10-4-3-5-11-23)31-18-16-30(17-19-31)22-8-6-7-9-22/h12-15,22-24H,3-11,16-19H2,1-2H3/p+2/t24-/m1/s1. The van der Waals surface area contributed by atoms with Crippen molar-refractivity contribution in [1.29, 1.82) is 0 Å². The van der Waals surface area contributed by atoms with E-state index in [1.807, 2.05) is 4.90 Å². The molecule has 5 rings (SSSR count). The van der Waals surface area contributed by atoms with Crippen LogP contribution in [0.15, 0.2) is 24.3 Å². The second kappa shape index (κ2) is 9.87. The zero-order valence-corrected chi connectivity index (χ0v) is 20.0. The van der Waals surface area contributed by atoms with E-state index in [1.54, 1.807) is 4.90 Å². The van der Waals surface area contributed by atoms with E-state index in [4.69, 9.17) is 0 Å². The first kappa shape index (κ1) is 21.8. The molecule has 2 N–H and O–H groups in total. The van der Waals surface area contributed by atoms with Crippen LogP contribution in [0.25, 0.3) is 0 Å². The molecule has 0 unspecified atom stereocenters. The molecule has 7 heteroatoms. The monoisotopic (exact) mass is 439 g/mol. The second-order valence-corrected chi connectivity index (χ2v) is 10.5. The smallest absolute Gasteiger partial charge is 0.214 e. The number of anilines is 1. The SMILES string of the molecule is CN(C)c1ccc([C@H](c2nnnn2C2CCCCC2)[NH+]2CC[NH+](C3CCCC3)CC2)cc1. The highest BCUT2D eigenvalue weighted by atomic mass is 15.6. The Kier molecular flexibility index (Phi) is 6.74. The van der Waals surface area contributed by atoms with Gasteiger partial charge in [-0.1, -0.05) is 31.4 Å². The summed E-state index contributed by atoms with van der Waals surface area (Å²) in [7, 11) is 4.21. The summed E-state index contributed by atoms with van der Waals surface area (Å²) in [6, 6.07) is 10.7. The maximum Gasteiger partial charge on any atom is 0.214 e. The molecule has 174 valence electrons. The number of tetrazole rings is 1. The Morgan fingerprint density at radius 1 is 0.875 bits per heavy atom. The Labute approximate surface area is 192 Å². The molecule has 0 radical (unpaired) electrons. The van der Waals surface area contributed by atoms with Crippen molar-refractivity contribution < 1.29 is 9.80 Å². The summed E-state index contributed by atoms with van der Waals surface area (Å²) < 4.78 is 2.20. The highest BCUT2D eigenvalue weighted by Gasteiger charge is 2.39. The fourth-order valence-electron chi connectivity index (χ4n) is 6.43. The maximum absolute atomic E-state index is 4.66. The topological polar surface area (TPSA) is 55.7 Å². The molecule has 0 amide bonds. The van der Waals surface area contributed by atoms with E-state index in [0.29, 0.717) is 6.04 Å². The number of quaternary nitrogens is 2. The Balaban J connectivity index is 1.42. The van der Waals surface area contributed by atoms with Crippen molar-refractivity contribution in [2.24, 2.45) is 0 Å². The highest BCUT2D eigenvalue weighted by Crippen LogP contribution is 2.30. The van der Waals surface area contributed by atoms with Gasteiger partial charge in [0.05, 0.1) is 12.1 Å². The molecule has 1 aliphatic heterocycles. The van der Waals surface area contributed by atoms with Gasteiger partial charge >= 0.3 is 0 Å². The molecule has 32 heavy (non-hydrogen) atoms. The lowest BCUT2D eigenvalue weighted by Crippen LogP contribution is -3.29. The summed E-state index contributed by atoms with van der Waals surface area (Å²) in [5.74, 6) is 1.08. The lowest BCUT2D eigenvalue weighted by molar-refractivity contribution is -1.03. The van der Waals surface area contributed by atoms with Crippen LogP contribution in [-0.2, 0) is 0 Å². The minimum atomic E-state index is 0.216. The minimum Gasteiger partial charge on any atom is -0.378 e. The molecular weight excluding hydrogens is 398 g/mol. The minimum absolute atomic E-state index is 0.216. The molecular formula is C25H41N7+2. The van der Waals surface area contributed by atoms with E-state index in [1.165, 1.54) is 95.2 Å². The van der Waals surface area contributed by atoms with Gasteiger partial charge in [0, 0.05) is 25.3 Å². The molecule has 7 nitrogen and oxygen atoms in total. The Hall–Kier alpha value is -1.99. The van der Waals surface area contributed by atoms with Crippen LogP contribution in [0.5, 0.6) is 0 Å². The molecule has 3 aliphatic rings. The van der Waals surface area contributed by atoms with Gasteiger partial charge in [0.2, 0.25) is 5.82 Å². The third-order valence-electron chi connectivity index (χ3n) is 8.32. The summed E-state index contributed by atoms with van der Waals surface area (Å²) >= 11 is 0. The van der Waals surface area contributed by atoms with Crippen molar-refractivity contribution in [2.45, 2.75) is 75.9 Å². The van der Waals surface area contributed by atoms with E-state index >= 15 is 0 Å². The number of nitrogens with zero attached hydrogens (tertiary/aromatic N) is 5. The second-order valence-electron chi connectivity index (χ2n) is 10.5. The predicted octanol–water partition coefficient (Wildman–Crippen LogP) is 1.06. The van der Waals surface area contributed by atoms with Crippen molar-refractivity contribution in [1.82, 2.24) is 20.2 Å². The summed E-state index contributed by atoms with van der Waals surface area (Å²) in [4.78, 5) is 5.65. The number of aromatic nitrogens is 4. The van der Waals surface area contributed by atoms with Crippen LogP contribution in [0.3, 0.4) is 0 Å². The van der Waals surface area contributed by atoms with Gasteiger partial charge in [-0.15, -0.1) is 5.10 Å². The molecule has 0 bridgehead atoms. The summed E-state index contributed by atoms with van der Waals surface area (Å²) in [5, 5.41) is 13.4. The van der Waals surface area contributed by atoms with Gasteiger partial charge in [-0.25, -0.2) is 4.68 Å². The van der Waals surface area contributed by atoms with Crippen LogP contribution in [0, 0.1) is 0 Å². The molecule has 1 aromatic carbocycles. The molecule has 1 atom stereocenters. The first-order chi connectivity index (χ1) is 15.7. The van der Waals surface area contributed by atoms with E-state index in [9.17, 15) is 0 Å². The van der Waals surface area contributed by atoms with Gasteiger partial charge in [0.25, 0.3) is 0 Å². The third-order valence-corrected chi connectivity index (χ3v) is 8.32. The molecule has 2 saturated carbocycles. The summed E-state index contributed by atoms with van der Waals surface area (Å²) in [5.41, 5.74) is 2.59. The quantitative estimate of drug-likeness (QED) is 0.707. The number of hydrogen-bond donors (Lipinski definition) is 2. The van der Waals surface area contributed by atoms with Gasteiger partial charge in [0.15, 0.2) is 6.04 Å². The van der Waals surface area contributed by atoms with E-state index in [0.717, 1.165) is 11.9 Å². The summed E-state index contributed by atoms with van der Waals surface area (Å²) in [6.07, 6.45) is 12.1. The van der Waals surface area contributed by atoms with Gasteiger partial charge in [-0.3, -0.25) is 0 Å². The number of hydrogen-bond acceptors (Lipinski definition) is 4. The predicted molar refractivity (Wildman–Crippen MR) is 126 cm³/mol. The van der Waals surface area contributed by atoms with Crippen LogP contribution in [0.4, 0.5) is 5.69 Å². The molecule has 2 aliphatic carbocycles. The Bertz CT molecular complexity index is 841. The number of piperazine rings is 1. The van der Waals surface area contributed by atoms with Crippen molar-refractivity contribution in [3.63, 3.8) is 0 Å². The van der Waals surface area contributed by atoms with Crippen molar-refractivity contribution in [3.05, 3.63) is 35.7 Å². The lowest BCUT2D eigenvalue weighted by atomic mass is 9.95. The number of nitrogens with one attached hydrogen (secondary N) is 2. The van der Waals surface area contributed by atoms with Crippen molar-refractivity contribution >= 4 is 5.69 Å². The zero-order valence-electron chi connectivity index (χ0n) is 20.0. The number of benzene rings is 1. The molecule has 3 fully saturated rings. The van der Waals surface area contributed by atoms with E-state index < -0.39 is 0 Å². The van der Waals surface area contributed by atoms with Crippen LogP contribution in [0.2, 0.25) is 0 Å². The summed E-state index contributed by atoms with van der Waals surface area (Å²) in [6.45, 7) is 4.95. The van der Waals surface area contributed by atoms with Crippen LogP contribution < -0.4 is 14.7 Å². The molecule has 1 aromatic heterocycles. The maximum atomic E-state index is 4.66. The fraction of sp³-hybridized carbons (Fsp3) is 0.720. The normalized spacial score (nSPS) is 26.3. The first-order valence-corrected chi connectivity index (χ1v) is 12.9. The zero-order chi connectivity index (χ0) is 21.9.